The summed E-state index contributed by atoms with van der Waals surface area (Å²) in [6, 6.07) is 14.0. The van der Waals surface area contributed by atoms with Gasteiger partial charge in [0.25, 0.3) is 0 Å². The lowest BCUT2D eigenvalue weighted by molar-refractivity contribution is -0.137. The van der Waals surface area contributed by atoms with Crippen LogP contribution in [-0.2, 0) is 14.3 Å². The Bertz CT molecular complexity index is 1030. The van der Waals surface area contributed by atoms with E-state index in [1.54, 1.807) is 13.2 Å². The summed E-state index contributed by atoms with van der Waals surface area (Å²) in [6.45, 7) is 7.10. The fourth-order valence-corrected chi connectivity index (χ4v) is 4.59. The van der Waals surface area contributed by atoms with Crippen LogP contribution in [0.1, 0.15) is 50.2 Å². The molecule has 188 valence electrons. The van der Waals surface area contributed by atoms with Crippen molar-refractivity contribution in [3.8, 4) is 11.8 Å². The van der Waals surface area contributed by atoms with Gasteiger partial charge in [0.2, 0.25) is 0 Å². The van der Waals surface area contributed by atoms with Gasteiger partial charge in [0.15, 0.2) is 0 Å². The van der Waals surface area contributed by atoms with Crippen LogP contribution < -0.4 is 15.0 Å². The lowest BCUT2D eigenvalue weighted by Crippen LogP contribution is -2.39. The molecule has 0 saturated carbocycles. The average molecular weight is 482 g/mol. The quantitative estimate of drug-likeness (QED) is 0.441. The van der Waals surface area contributed by atoms with Crippen LogP contribution in [0.2, 0.25) is 0 Å². The highest BCUT2D eigenvalue weighted by Gasteiger charge is 2.24. The Morgan fingerprint density at radius 1 is 1.26 bits per heavy atom. The largest absolute Gasteiger partial charge is 0.492 e. The Kier molecular flexibility index (Phi) is 9.76. The van der Waals surface area contributed by atoms with Crippen LogP contribution >= 0.6 is 0 Å². The van der Waals surface area contributed by atoms with Crippen molar-refractivity contribution >= 4 is 23.0 Å². The second-order valence-electron chi connectivity index (χ2n) is 8.54. The monoisotopic (exact) mass is 481 g/mol. The van der Waals surface area contributed by atoms with E-state index in [1.165, 1.54) is 0 Å². The third kappa shape index (κ3) is 6.87. The molecule has 1 heterocycles. The third-order valence-electron chi connectivity index (χ3n) is 6.24. The first-order chi connectivity index (χ1) is 17.0. The molecule has 1 atom stereocenters. The van der Waals surface area contributed by atoms with Crippen molar-refractivity contribution in [3.05, 3.63) is 47.5 Å². The number of hydrogen-bond donors (Lipinski definition) is 2. The Labute approximate surface area is 207 Å². The molecule has 0 radical (unpaired) electrons. The van der Waals surface area contributed by atoms with Crippen molar-refractivity contribution in [2.24, 2.45) is 0 Å². The van der Waals surface area contributed by atoms with Gasteiger partial charge in [0, 0.05) is 50.6 Å². The molecule has 2 aromatic rings. The number of hydrogen-bond acceptors (Lipinski definition) is 7. The number of nitrogens with one attached hydrogen (secondary N) is 1. The van der Waals surface area contributed by atoms with Crippen LogP contribution in [0.25, 0.3) is 0 Å². The summed E-state index contributed by atoms with van der Waals surface area (Å²) in [7, 11) is 1.58. The zero-order chi connectivity index (χ0) is 25.2. The minimum Gasteiger partial charge on any atom is -0.492 e. The fourth-order valence-electron chi connectivity index (χ4n) is 4.59. The van der Waals surface area contributed by atoms with E-state index < -0.39 is 5.97 Å². The van der Waals surface area contributed by atoms with Crippen LogP contribution in [0, 0.1) is 11.3 Å². The minimum absolute atomic E-state index is 0.0184. The van der Waals surface area contributed by atoms with Gasteiger partial charge < -0.3 is 29.5 Å². The first kappa shape index (κ1) is 26.3. The SMILES string of the molecule is CCOc1cc(Nc2cc(C(COC)CC(=O)O)ccc2N(CC)C2CCOCC2)ccc1C#N. The molecule has 3 rings (SSSR count). The van der Waals surface area contributed by atoms with E-state index in [0.717, 1.165) is 55.2 Å². The van der Waals surface area contributed by atoms with E-state index in [1.807, 2.05) is 31.2 Å². The van der Waals surface area contributed by atoms with Crippen molar-refractivity contribution < 1.29 is 24.1 Å². The van der Waals surface area contributed by atoms with Crippen LogP contribution in [0.15, 0.2) is 36.4 Å². The van der Waals surface area contributed by atoms with Gasteiger partial charge in [-0.25, -0.2) is 0 Å². The zero-order valence-electron chi connectivity index (χ0n) is 20.8. The number of methoxy groups -OCH3 is 1. The Hall–Kier alpha value is -3.28. The van der Waals surface area contributed by atoms with Gasteiger partial charge in [-0.1, -0.05) is 6.07 Å². The molecule has 2 aromatic carbocycles. The van der Waals surface area contributed by atoms with E-state index >= 15 is 0 Å². The van der Waals surface area contributed by atoms with Crippen molar-refractivity contribution in [2.75, 3.05) is 50.3 Å². The predicted molar refractivity (Wildman–Crippen MR) is 136 cm³/mol. The Morgan fingerprint density at radius 3 is 2.66 bits per heavy atom. The second-order valence-corrected chi connectivity index (χ2v) is 8.54. The zero-order valence-corrected chi connectivity index (χ0v) is 20.8. The molecule has 2 N–H and O–H groups in total. The Balaban J connectivity index is 2.04. The predicted octanol–water partition coefficient (Wildman–Crippen LogP) is 4.91. The highest BCUT2D eigenvalue weighted by molar-refractivity contribution is 5.78. The van der Waals surface area contributed by atoms with E-state index in [0.29, 0.717) is 30.6 Å². The van der Waals surface area contributed by atoms with Gasteiger partial charge in [0.1, 0.15) is 11.8 Å². The summed E-state index contributed by atoms with van der Waals surface area (Å²) >= 11 is 0. The molecule has 0 aromatic heterocycles. The number of carboxylic acids is 1. The first-order valence-electron chi connectivity index (χ1n) is 12.1. The molecule has 1 unspecified atom stereocenters. The molecule has 1 aliphatic heterocycles. The molecule has 8 heteroatoms. The summed E-state index contributed by atoms with van der Waals surface area (Å²) in [5.41, 5.74) is 4.06. The number of carboxylic acid groups (broad SMARTS) is 1. The molecular formula is C27H35N3O5. The molecule has 0 spiro atoms. The third-order valence-corrected chi connectivity index (χ3v) is 6.24. The highest BCUT2D eigenvalue weighted by Crippen LogP contribution is 2.36. The number of anilines is 3. The number of ether oxygens (including phenoxy) is 3. The van der Waals surface area contributed by atoms with Gasteiger partial charge >= 0.3 is 5.97 Å². The molecular weight excluding hydrogens is 446 g/mol. The molecule has 1 aliphatic rings. The summed E-state index contributed by atoms with van der Waals surface area (Å²) < 4.78 is 16.6. The van der Waals surface area contributed by atoms with E-state index in [2.05, 4.69) is 29.3 Å². The highest BCUT2D eigenvalue weighted by atomic mass is 16.5. The van der Waals surface area contributed by atoms with Crippen molar-refractivity contribution in [1.82, 2.24) is 0 Å². The summed E-state index contributed by atoms with van der Waals surface area (Å²) in [4.78, 5) is 13.9. The first-order valence-corrected chi connectivity index (χ1v) is 12.1. The van der Waals surface area contributed by atoms with Crippen molar-refractivity contribution in [2.45, 2.75) is 45.1 Å². The van der Waals surface area contributed by atoms with Gasteiger partial charge in [-0.15, -0.1) is 0 Å². The summed E-state index contributed by atoms with van der Waals surface area (Å²) in [6.07, 6.45) is 1.88. The number of rotatable bonds is 12. The maximum Gasteiger partial charge on any atom is 0.304 e. The lowest BCUT2D eigenvalue weighted by Gasteiger charge is -2.37. The van der Waals surface area contributed by atoms with Crippen LogP contribution in [0.3, 0.4) is 0 Å². The average Bonchev–Trinajstić information content (AvgIpc) is 2.86. The molecule has 0 bridgehead atoms. The second kappa shape index (κ2) is 13.0. The van der Waals surface area contributed by atoms with E-state index in [4.69, 9.17) is 14.2 Å². The standard InChI is InChI=1S/C27H35N3O5/c1-4-30(23-10-12-34-13-11-23)25-9-7-19(21(18-33-3)15-27(31)32)14-24(25)29-22-8-6-20(17-28)26(16-22)35-5-2/h6-9,14,16,21,23,29H,4-5,10-13,15,18H2,1-3H3,(H,31,32). The molecule has 0 amide bonds. The number of nitriles is 1. The number of carbonyl (C=O) groups is 1. The molecule has 35 heavy (non-hydrogen) atoms. The number of aliphatic carboxylic acids is 1. The summed E-state index contributed by atoms with van der Waals surface area (Å²) in [5, 5.41) is 22.4. The van der Waals surface area contributed by atoms with Gasteiger partial charge in [-0.05, 0) is 56.5 Å². The lowest BCUT2D eigenvalue weighted by atomic mass is 9.94. The van der Waals surface area contributed by atoms with Crippen LogP contribution in [0.5, 0.6) is 5.75 Å². The number of benzene rings is 2. The van der Waals surface area contributed by atoms with Crippen molar-refractivity contribution in [1.29, 1.82) is 5.26 Å². The van der Waals surface area contributed by atoms with E-state index in [9.17, 15) is 15.2 Å². The molecule has 8 nitrogen and oxygen atoms in total. The topological polar surface area (TPSA) is 104 Å². The maximum atomic E-state index is 11.5. The molecule has 1 fully saturated rings. The van der Waals surface area contributed by atoms with E-state index in [-0.39, 0.29) is 12.3 Å². The fraction of sp³-hybridized carbons (Fsp3) is 0.481. The molecule has 0 aliphatic carbocycles. The maximum absolute atomic E-state index is 11.5. The number of nitrogens with zero attached hydrogens (tertiary/aromatic N) is 2. The molecule has 1 saturated heterocycles. The van der Waals surface area contributed by atoms with Gasteiger partial charge in [0.05, 0.1) is 36.6 Å². The smallest absolute Gasteiger partial charge is 0.304 e. The van der Waals surface area contributed by atoms with Crippen LogP contribution in [0.4, 0.5) is 17.1 Å². The van der Waals surface area contributed by atoms with Crippen molar-refractivity contribution in [3.63, 3.8) is 0 Å². The summed E-state index contributed by atoms with van der Waals surface area (Å²) in [5.74, 6) is -0.612. The van der Waals surface area contributed by atoms with Gasteiger partial charge in [-0.2, -0.15) is 5.26 Å². The van der Waals surface area contributed by atoms with Crippen LogP contribution in [-0.4, -0.2) is 57.2 Å². The van der Waals surface area contributed by atoms with Gasteiger partial charge in [-0.3, -0.25) is 4.79 Å². The normalized spacial score (nSPS) is 14.7. The minimum atomic E-state index is -0.864. The Morgan fingerprint density at radius 2 is 2.03 bits per heavy atom.